The molecule has 106 valence electrons. The topological polar surface area (TPSA) is 52.8 Å². The third-order valence-corrected chi connectivity index (χ3v) is 3.25. The first-order valence-electron chi connectivity index (χ1n) is 6.69. The number of hydrogen-bond acceptors (Lipinski definition) is 4. The lowest BCUT2D eigenvalue weighted by Crippen LogP contribution is -2.04. The molecule has 0 aliphatic heterocycles. The van der Waals surface area contributed by atoms with E-state index < -0.39 is 0 Å². The summed E-state index contributed by atoms with van der Waals surface area (Å²) in [4.78, 5) is 8.97. The van der Waals surface area contributed by atoms with Crippen LogP contribution in [-0.2, 0) is 0 Å². The van der Waals surface area contributed by atoms with Crippen molar-refractivity contribution in [1.82, 2.24) is 19.7 Å². The predicted octanol–water partition coefficient (Wildman–Crippen LogP) is 2.95. The smallest absolute Gasteiger partial charge is 0.182 e. The van der Waals surface area contributed by atoms with Crippen LogP contribution in [0.15, 0.2) is 42.6 Å². The average Bonchev–Trinajstić information content (AvgIpc) is 2.89. The Kier molecular flexibility index (Phi) is 3.39. The lowest BCUT2D eigenvalue weighted by atomic mass is 10.2. The van der Waals surface area contributed by atoms with Crippen molar-refractivity contribution in [3.8, 4) is 23.0 Å². The third-order valence-electron chi connectivity index (χ3n) is 3.25. The number of aromatic nitrogens is 4. The van der Waals surface area contributed by atoms with Crippen LogP contribution in [0, 0.1) is 13.8 Å². The van der Waals surface area contributed by atoms with Crippen molar-refractivity contribution in [1.29, 1.82) is 0 Å². The van der Waals surface area contributed by atoms with Gasteiger partial charge in [0, 0.05) is 6.20 Å². The number of hydrogen-bond donors (Lipinski definition) is 0. The number of rotatable bonds is 3. The Bertz CT molecular complexity index is 779. The molecule has 1 aromatic carbocycles. The van der Waals surface area contributed by atoms with E-state index in [1.54, 1.807) is 18.0 Å². The van der Waals surface area contributed by atoms with E-state index in [9.17, 15) is 0 Å². The van der Waals surface area contributed by atoms with Crippen molar-refractivity contribution < 1.29 is 4.74 Å². The molecule has 0 bridgehead atoms. The normalized spacial score (nSPS) is 10.6. The van der Waals surface area contributed by atoms with Crippen LogP contribution in [0.2, 0.25) is 0 Å². The number of para-hydroxylation sites is 2. The van der Waals surface area contributed by atoms with Crippen LogP contribution in [0.4, 0.5) is 0 Å². The molecule has 0 atom stereocenters. The highest BCUT2D eigenvalue weighted by Gasteiger charge is 2.17. The van der Waals surface area contributed by atoms with E-state index >= 15 is 0 Å². The van der Waals surface area contributed by atoms with Gasteiger partial charge in [-0.25, -0.2) is 9.67 Å². The number of benzene rings is 1. The maximum atomic E-state index is 5.42. The number of ether oxygens (including phenoxy) is 1. The maximum Gasteiger partial charge on any atom is 0.182 e. The number of aryl methyl sites for hydroxylation is 2. The highest BCUT2D eigenvalue weighted by atomic mass is 16.5. The lowest BCUT2D eigenvalue weighted by molar-refractivity contribution is 0.412. The second-order valence-corrected chi connectivity index (χ2v) is 4.74. The van der Waals surface area contributed by atoms with Gasteiger partial charge < -0.3 is 4.74 Å². The molecule has 0 N–H and O–H groups in total. The second kappa shape index (κ2) is 5.36. The molecule has 21 heavy (non-hydrogen) atoms. The van der Waals surface area contributed by atoms with Gasteiger partial charge in [-0.2, -0.15) is 5.10 Å². The Morgan fingerprint density at radius 3 is 2.62 bits per heavy atom. The van der Waals surface area contributed by atoms with E-state index in [4.69, 9.17) is 4.74 Å². The Morgan fingerprint density at radius 2 is 1.86 bits per heavy atom. The molecule has 0 aliphatic rings. The zero-order valence-corrected chi connectivity index (χ0v) is 12.2. The summed E-state index contributed by atoms with van der Waals surface area (Å²) in [6, 6.07) is 11.7. The summed E-state index contributed by atoms with van der Waals surface area (Å²) >= 11 is 0. The maximum absolute atomic E-state index is 5.42. The summed E-state index contributed by atoms with van der Waals surface area (Å²) in [5, 5.41) is 4.49. The van der Waals surface area contributed by atoms with Crippen molar-refractivity contribution in [2.24, 2.45) is 0 Å². The van der Waals surface area contributed by atoms with Gasteiger partial charge in [0.2, 0.25) is 0 Å². The van der Waals surface area contributed by atoms with E-state index in [1.807, 2.05) is 50.2 Å². The Morgan fingerprint density at radius 1 is 1.05 bits per heavy atom. The molecule has 0 unspecified atom stereocenters. The molecule has 0 fully saturated rings. The van der Waals surface area contributed by atoms with Gasteiger partial charge >= 0.3 is 0 Å². The SMILES string of the molecule is COc1ccccc1-n1nc(C)nc1-c1ncccc1C. The van der Waals surface area contributed by atoms with E-state index in [1.165, 1.54) is 0 Å². The van der Waals surface area contributed by atoms with Crippen LogP contribution >= 0.6 is 0 Å². The van der Waals surface area contributed by atoms with E-state index in [2.05, 4.69) is 15.1 Å². The largest absolute Gasteiger partial charge is 0.494 e. The van der Waals surface area contributed by atoms with Gasteiger partial charge in [0.1, 0.15) is 23.0 Å². The van der Waals surface area contributed by atoms with Crippen molar-refractivity contribution in [3.05, 3.63) is 54.0 Å². The molecule has 0 amide bonds. The zero-order chi connectivity index (χ0) is 14.8. The van der Waals surface area contributed by atoms with Gasteiger partial charge in [-0.05, 0) is 37.6 Å². The van der Waals surface area contributed by atoms with Crippen LogP contribution in [0.5, 0.6) is 5.75 Å². The quantitative estimate of drug-likeness (QED) is 0.740. The standard InChI is InChI=1S/C16H16N4O/c1-11-7-6-10-17-15(11)16-18-12(2)19-20(16)13-8-4-5-9-14(13)21-3/h4-10H,1-3H3. The van der Waals surface area contributed by atoms with Crippen LogP contribution < -0.4 is 4.74 Å². The lowest BCUT2D eigenvalue weighted by Gasteiger charge is -2.10. The van der Waals surface area contributed by atoms with Gasteiger partial charge in [0.05, 0.1) is 7.11 Å². The molecule has 0 spiro atoms. The molecule has 5 heteroatoms. The summed E-state index contributed by atoms with van der Waals surface area (Å²) in [7, 11) is 1.65. The Balaban J connectivity index is 2.24. The van der Waals surface area contributed by atoms with Gasteiger partial charge in [0.15, 0.2) is 5.82 Å². The molecule has 0 saturated carbocycles. The van der Waals surface area contributed by atoms with Crippen molar-refractivity contribution >= 4 is 0 Å². The van der Waals surface area contributed by atoms with Crippen molar-refractivity contribution in [2.45, 2.75) is 13.8 Å². The highest BCUT2D eigenvalue weighted by molar-refractivity contribution is 5.59. The van der Waals surface area contributed by atoms with Crippen LogP contribution in [0.25, 0.3) is 17.2 Å². The molecule has 0 saturated heterocycles. The van der Waals surface area contributed by atoms with E-state index in [0.29, 0.717) is 5.82 Å². The molecule has 5 nitrogen and oxygen atoms in total. The first-order valence-corrected chi connectivity index (χ1v) is 6.69. The minimum absolute atomic E-state index is 0.695. The molecule has 3 aromatic rings. The van der Waals surface area contributed by atoms with Crippen LogP contribution in [-0.4, -0.2) is 26.9 Å². The molecule has 2 aromatic heterocycles. The van der Waals surface area contributed by atoms with E-state index in [-0.39, 0.29) is 0 Å². The van der Waals surface area contributed by atoms with Gasteiger partial charge in [-0.3, -0.25) is 4.98 Å². The third kappa shape index (κ3) is 2.38. The minimum Gasteiger partial charge on any atom is -0.494 e. The zero-order valence-electron chi connectivity index (χ0n) is 12.2. The highest BCUT2D eigenvalue weighted by Crippen LogP contribution is 2.27. The average molecular weight is 280 g/mol. The Hall–Kier alpha value is -2.69. The summed E-state index contributed by atoms with van der Waals surface area (Å²) < 4.78 is 7.20. The monoisotopic (exact) mass is 280 g/mol. The number of nitrogens with zero attached hydrogens (tertiary/aromatic N) is 4. The van der Waals surface area contributed by atoms with Gasteiger partial charge in [-0.1, -0.05) is 18.2 Å². The van der Waals surface area contributed by atoms with Crippen LogP contribution in [0.3, 0.4) is 0 Å². The fourth-order valence-electron chi connectivity index (χ4n) is 2.26. The minimum atomic E-state index is 0.695. The predicted molar refractivity (Wildman–Crippen MR) is 80.6 cm³/mol. The molecule has 0 radical (unpaired) electrons. The van der Waals surface area contributed by atoms with E-state index in [0.717, 1.165) is 28.5 Å². The van der Waals surface area contributed by atoms with Gasteiger partial charge in [0.25, 0.3) is 0 Å². The molecule has 2 heterocycles. The summed E-state index contributed by atoms with van der Waals surface area (Å²) in [5.74, 6) is 2.16. The number of methoxy groups -OCH3 is 1. The first kappa shape index (κ1) is 13.3. The fraction of sp³-hybridized carbons (Fsp3) is 0.188. The molecular weight excluding hydrogens is 264 g/mol. The molecule has 3 rings (SSSR count). The Labute approximate surface area is 123 Å². The van der Waals surface area contributed by atoms with Gasteiger partial charge in [-0.15, -0.1) is 0 Å². The molecular formula is C16H16N4O. The summed E-state index contributed by atoms with van der Waals surface area (Å²) in [6.07, 6.45) is 1.76. The summed E-state index contributed by atoms with van der Waals surface area (Å²) in [5.41, 5.74) is 2.73. The first-order chi connectivity index (χ1) is 10.2. The van der Waals surface area contributed by atoms with Crippen molar-refractivity contribution in [2.75, 3.05) is 7.11 Å². The number of pyridine rings is 1. The molecule has 0 aliphatic carbocycles. The van der Waals surface area contributed by atoms with Crippen LogP contribution in [0.1, 0.15) is 11.4 Å². The fourth-order valence-corrected chi connectivity index (χ4v) is 2.26. The van der Waals surface area contributed by atoms with Crippen molar-refractivity contribution in [3.63, 3.8) is 0 Å². The summed E-state index contributed by atoms with van der Waals surface area (Å²) in [6.45, 7) is 3.88. The second-order valence-electron chi connectivity index (χ2n) is 4.74.